The molecule has 1 aromatic carbocycles. The number of imide groups is 2. The van der Waals surface area contributed by atoms with Gasteiger partial charge in [-0.05, 0) is 132 Å². The Balaban J connectivity index is 1.23. The molecule has 3 heterocycles. The molecule has 73 heavy (non-hydrogen) atoms. The van der Waals surface area contributed by atoms with Gasteiger partial charge < -0.3 is 20.4 Å². The van der Waals surface area contributed by atoms with Crippen molar-refractivity contribution < 1.29 is 73.2 Å². The maximum Gasteiger partial charge on any atom is 0.309 e. The van der Waals surface area contributed by atoms with Gasteiger partial charge in [0.1, 0.15) is 0 Å². The van der Waals surface area contributed by atoms with Crippen LogP contribution in [0.1, 0.15) is 160 Å². The average molecular weight is 1020 g/mol. The van der Waals surface area contributed by atoms with E-state index < -0.39 is 139 Å². The van der Waals surface area contributed by atoms with Crippen molar-refractivity contribution in [3.63, 3.8) is 0 Å². The Morgan fingerprint density at radius 2 is 0.753 bits per heavy atom. The number of amides is 8. The number of aliphatic hydroxyl groups excluding tert-OH is 1. The lowest BCUT2D eigenvalue weighted by atomic mass is 9.51. The van der Waals surface area contributed by atoms with Crippen LogP contribution in [0.3, 0.4) is 0 Å². The van der Waals surface area contributed by atoms with Crippen LogP contribution in [-0.4, -0.2) is 107 Å². The highest BCUT2D eigenvalue weighted by atomic mass is 16.4. The second kappa shape index (κ2) is 17.2. The second-order valence-electron chi connectivity index (χ2n) is 25.2. The van der Waals surface area contributed by atoms with Gasteiger partial charge in [0, 0.05) is 5.41 Å². The first-order valence-corrected chi connectivity index (χ1v) is 24.8. The highest BCUT2D eigenvalue weighted by Crippen LogP contribution is 2.61. The fourth-order valence-electron chi connectivity index (χ4n) is 15.5. The maximum absolute atomic E-state index is 14.3. The Kier molecular flexibility index (Phi) is 12.8. The predicted octanol–water partition coefficient (Wildman–Crippen LogP) is 3.35. The number of hydrazine groups is 3. The smallest absolute Gasteiger partial charge is 0.309 e. The summed E-state index contributed by atoms with van der Waals surface area (Å²) in [6.45, 7) is 19.0. The minimum absolute atomic E-state index is 0.00290. The minimum atomic E-state index is -1.62. The van der Waals surface area contributed by atoms with E-state index in [9.17, 15) is 73.2 Å². The number of aliphatic carboxylic acids is 3. The van der Waals surface area contributed by atoms with Crippen LogP contribution in [0.5, 0.6) is 0 Å². The van der Waals surface area contributed by atoms with E-state index in [1.807, 2.05) is 0 Å². The lowest BCUT2D eigenvalue weighted by Gasteiger charge is -2.58. The van der Waals surface area contributed by atoms with Crippen molar-refractivity contribution in [2.24, 2.45) is 48.7 Å². The van der Waals surface area contributed by atoms with Gasteiger partial charge in [-0.1, -0.05) is 48.5 Å². The topological polar surface area (TPSA) is 314 Å². The van der Waals surface area contributed by atoms with Gasteiger partial charge >= 0.3 is 17.9 Å². The average Bonchev–Trinajstić information content (AvgIpc) is 3.25. The largest absolute Gasteiger partial charge is 0.481 e. The van der Waals surface area contributed by atoms with E-state index in [1.165, 1.54) is 20.8 Å². The SMILES string of the molecule is CCc1c(CC(=O)NN2C(=O)[C@@]3(C)CC(C)(C(=O)O)C[C@](C)(C3)C2=O)c(C)c(CC(=O)NN2C(=O)[C@]3(C)C[C@](C)(C(=O)O)C[C@@](C)(C3)C2O)c(C)c1CC(=O)NN1C(=O)[C@@]2(C)CC(C)(C(=O)O)C[C@](C)(C2)C1=O. The molecule has 3 unspecified atom stereocenters. The van der Waals surface area contributed by atoms with Gasteiger partial charge in [-0.3, -0.25) is 69.0 Å². The van der Waals surface area contributed by atoms with E-state index >= 15 is 0 Å². The van der Waals surface area contributed by atoms with Crippen molar-refractivity contribution in [1.82, 2.24) is 31.3 Å². The molecule has 6 fully saturated rings. The fraction of sp³-hybridized carbons (Fsp3) is 0.673. The monoisotopic (exact) mass is 1020 g/mol. The number of carbonyl (C=O) groups is 11. The first-order valence-electron chi connectivity index (χ1n) is 24.8. The van der Waals surface area contributed by atoms with Gasteiger partial charge in [0.25, 0.3) is 23.6 Å². The van der Waals surface area contributed by atoms with E-state index in [-0.39, 0.29) is 69.8 Å². The predicted molar refractivity (Wildman–Crippen MR) is 255 cm³/mol. The molecule has 0 spiro atoms. The van der Waals surface area contributed by atoms with Gasteiger partial charge in [-0.15, -0.1) is 0 Å². The Bertz CT molecular complexity index is 2550. The van der Waals surface area contributed by atoms with Crippen LogP contribution >= 0.6 is 0 Å². The number of nitrogens with one attached hydrogen (secondary N) is 3. The van der Waals surface area contributed by atoms with Crippen molar-refractivity contribution in [3.05, 3.63) is 33.4 Å². The van der Waals surface area contributed by atoms with E-state index in [1.54, 1.807) is 62.3 Å². The third kappa shape index (κ3) is 8.65. The summed E-state index contributed by atoms with van der Waals surface area (Å²) in [5.74, 6) is -9.71. The zero-order chi connectivity index (χ0) is 54.9. The molecule has 3 aliphatic heterocycles. The molecule has 7 N–H and O–H groups in total. The quantitative estimate of drug-likeness (QED) is 0.139. The number of piperidine rings is 3. The van der Waals surface area contributed by atoms with Gasteiger partial charge in [0.15, 0.2) is 6.23 Å². The maximum atomic E-state index is 14.3. The number of hydrogen-bond acceptors (Lipinski definition) is 12. The number of hydrogen-bond donors (Lipinski definition) is 7. The van der Waals surface area contributed by atoms with Crippen molar-refractivity contribution in [1.29, 1.82) is 0 Å². The van der Waals surface area contributed by atoms with E-state index in [2.05, 4.69) is 16.3 Å². The Morgan fingerprint density at radius 1 is 0.452 bits per heavy atom. The number of aliphatic hydroxyl groups is 1. The summed E-state index contributed by atoms with van der Waals surface area (Å²) in [6, 6.07) is 0. The first-order chi connectivity index (χ1) is 33.3. The number of fused-ring (bicyclic) bond motifs is 6. The van der Waals surface area contributed by atoms with Crippen LogP contribution in [-0.2, 0) is 78.4 Å². The highest BCUT2D eigenvalue weighted by molar-refractivity contribution is 6.07. The molecule has 21 nitrogen and oxygen atoms in total. The molecule has 3 saturated carbocycles. The lowest BCUT2D eigenvalue weighted by molar-refractivity contribution is -0.220. The molecule has 3 aliphatic carbocycles. The molecule has 6 aliphatic rings. The summed E-state index contributed by atoms with van der Waals surface area (Å²) in [5.41, 5.74) is -2.21. The van der Waals surface area contributed by atoms with E-state index in [0.29, 0.717) is 37.8 Å². The standard InChI is InChI=1S/C52H70N6O15/c1-13-28-30(15-33(60)54-57-37(64)46(6)18-47(7,38(57)65)23-51(11,22-46)42(70)71)26(2)29(14-32(59)53-56-35(62)44(4)17-45(5,36(56)63)21-50(10,20-44)41(68)69)27(3)31(28)16-34(61)55-58-39(66)48(8)19-49(9,40(58)67)25-52(12,24-48)43(72)73/h35,62H,13-25H2,1-12H3,(H,53,59)(H,54,60)(H,55,61)(H,68,69)(H,70,71)(H,72,73)/t35?,44-,45+,46-,47+,48-,49+,50-,51?,52?/m1/s1. The van der Waals surface area contributed by atoms with E-state index in [0.717, 1.165) is 5.01 Å². The number of rotatable bonds is 13. The molecule has 0 aromatic heterocycles. The van der Waals surface area contributed by atoms with Crippen LogP contribution in [0.4, 0.5) is 0 Å². The van der Waals surface area contributed by atoms with Crippen molar-refractivity contribution in [2.75, 3.05) is 0 Å². The zero-order valence-corrected chi connectivity index (χ0v) is 43.9. The molecular weight excluding hydrogens is 949 g/mol. The molecule has 3 saturated heterocycles. The number of carboxylic acid groups (broad SMARTS) is 3. The molecule has 398 valence electrons. The summed E-state index contributed by atoms with van der Waals surface area (Å²) in [6.07, 6.45) is -3.09. The van der Waals surface area contributed by atoms with Crippen molar-refractivity contribution >= 4 is 65.2 Å². The molecule has 0 radical (unpaired) electrons. The van der Waals surface area contributed by atoms with Crippen LogP contribution in [0, 0.1) is 62.6 Å². The Labute approximate surface area is 423 Å². The third-order valence-electron chi connectivity index (χ3n) is 17.7. The van der Waals surface area contributed by atoms with Gasteiger partial charge in [-0.25, -0.2) is 5.01 Å². The molecule has 10 atom stereocenters. The molecule has 7 rings (SSSR count). The third-order valence-corrected chi connectivity index (χ3v) is 17.7. The number of carbonyl (C=O) groups excluding carboxylic acids is 8. The Morgan fingerprint density at radius 3 is 1.08 bits per heavy atom. The second-order valence-corrected chi connectivity index (χ2v) is 25.2. The van der Waals surface area contributed by atoms with Crippen LogP contribution in [0.2, 0.25) is 0 Å². The van der Waals surface area contributed by atoms with Gasteiger partial charge in [-0.2, -0.15) is 10.0 Å². The van der Waals surface area contributed by atoms with Crippen LogP contribution in [0.15, 0.2) is 0 Å². The number of nitrogens with zero attached hydrogens (tertiary/aromatic N) is 3. The number of carboxylic acids is 3. The molecule has 1 aromatic rings. The molecular formula is C52H70N6O15. The van der Waals surface area contributed by atoms with Crippen LogP contribution in [0.25, 0.3) is 0 Å². The molecule has 6 bridgehead atoms. The minimum Gasteiger partial charge on any atom is -0.481 e. The lowest BCUT2D eigenvalue weighted by Crippen LogP contribution is -2.69. The summed E-state index contributed by atoms with van der Waals surface area (Å²) in [7, 11) is 0. The molecule has 8 amide bonds. The normalized spacial score (nSPS) is 36.9. The van der Waals surface area contributed by atoms with Crippen molar-refractivity contribution in [3.8, 4) is 0 Å². The zero-order valence-electron chi connectivity index (χ0n) is 43.9. The van der Waals surface area contributed by atoms with Crippen LogP contribution < -0.4 is 16.3 Å². The van der Waals surface area contributed by atoms with Gasteiger partial charge in [0.05, 0.1) is 62.6 Å². The fourth-order valence-corrected chi connectivity index (χ4v) is 15.5. The van der Waals surface area contributed by atoms with E-state index in [4.69, 9.17) is 0 Å². The number of benzene rings is 1. The Hall–Kier alpha value is -6.25. The highest BCUT2D eigenvalue weighted by Gasteiger charge is 2.67. The summed E-state index contributed by atoms with van der Waals surface area (Å²) in [4.78, 5) is 151. The summed E-state index contributed by atoms with van der Waals surface area (Å²) >= 11 is 0. The first kappa shape index (κ1) is 54.5. The van der Waals surface area contributed by atoms with Gasteiger partial charge in [0.2, 0.25) is 23.6 Å². The molecule has 21 heteroatoms. The summed E-state index contributed by atoms with van der Waals surface area (Å²) in [5, 5.41) is 44.2. The van der Waals surface area contributed by atoms with Crippen molar-refractivity contribution in [2.45, 2.75) is 173 Å². The summed E-state index contributed by atoms with van der Waals surface area (Å²) < 4.78 is 0.